The third-order valence-electron chi connectivity index (χ3n) is 5.33. The van der Waals surface area contributed by atoms with Gasteiger partial charge in [-0.05, 0) is 60.9 Å². The second-order valence-corrected chi connectivity index (χ2v) is 7.55. The van der Waals surface area contributed by atoms with Crippen molar-refractivity contribution in [2.75, 3.05) is 20.8 Å². The summed E-state index contributed by atoms with van der Waals surface area (Å²) in [6.07, 6.45) is 1.61. The van der Waals surface area contributed by atoms with Gasteiger partial charge in [-0.3, -0.25) is 0 Å². The van der Waals surface area contributed by atoms with Crippen LogP contribution in [0.5, 0.6) is 17.2 Å². The molecule has 0 radical (unpaired) electrons. The van der Waals surface area contributed by atoms with E-state index in [1.165, 1.54) is 5.56 Å². The minimum absolute atomic E-state index is 0.658. The van der Waals surface area contributed by atoms with E-state index in [-0.39, 0.29) is 0 Å². The molecule has 0 aliphatic carbocycles. The third kappa shape index (κ3) is 4.82. The molecule has 31 heavy (non-hydrogen) atoms. The molecule has 0 bridgehead atoms. The van der Waals surface area contributed by atoms with Crippen LogP contribution in [-0.4, -0.2) is 30.4 Å². The lowest BCUT2D eigenvalue weighted by atomic mass is 10.1. The number of methoxy groups -OCH3 is 2. The van der Waals surface area contributed by atoms with Crippen LogP contribution in [0.1, 0.15) is 23.4 Å². The van der Waals surface area contributed by atoms with Crippen LogP contribution in [-0.2, 0) is 13.0 Å². The van der Waals surface area contributed by atoms with Gasteiger partial charge in [-0.25, -0.2) is 4.98 Å². The minimum Gasteiger partial charge on any atom is -0.494 e. The second-order valence-electron chi connectivity index (χ2n) is 7.55. The Balaban J connectivity index is 1.52. The monoisotopic (exact) mass is 416 g/mol. The zero-order valence-electron chi connectivity index (χ0n) is 18.3. The Morgan fingerprint density at radius 2 is 1.71 bits per heavy atom. The molecule has 0 unspecified atom stereocenters. The molecule has 3 aromatic carbocycles. The summed E-state index contributed by atoms with van der Waals surface area (Å²) in [4.78, 5) is 4.90. The molecule has 0 saturated heterocycles. The smallest absolute Gasteiger partial charge is 0.161 e. The molecule has 0 fully saturated rings. The maximum absolute atomic E-state index is 5.95. The molecule has 1 aromatic heterocycles. The molecule has 0 atom stereocenters. The second kappa shape index (κ2) is 9.56. The molecular weight excluding hydrogens is 388 g/mol. The molecule has 0 N–H and O–H groups in total. The Morgan fingerprint density at radius 1 is 0.871 bits per heavy atom. The summed E-state index contributed by atoms with van der Waals surface area (Å²) in [5, 5.41) is 0. The SMILES string of the molecule is COc1ccc(Cc2nc3ccccc3n2CCCOc2cccc(C)c2)cc1OC. The van der Waals surface area contributed by atoms with Crippen molar-refractivity contribution in [1.29, 1.82) is 0 Å². The van der Waals surface area contributed by atoms with E-state index in [0.717, 1.165) is 52.6 Å². The van der Waals surface area contributed by atoms with Crippen molar-refractivity contribution in [3.63, 3.8) is 0 Å². The molecule has 5 heteroatoms. The summed E-state index contributed by atoms with van der Waals surface area (Å²) < 4.78 is 19.1. The lowest BCUT2D eigenvalue weighted by molar-refractivity contribution is 0.301. The van der Waals surface area contributed by atoms with E-state index in [1.807, 2.05) is 30.3 Å². The van der Waals surface area contributed by atoms with Gasteiger partial charge >= 0.3 is 0 Å². The summed E-state index contributed by atoms with van der Waals surface area (Å²) >= 11 is 0. The Morgan fingerprint density at radius 3 is 2.52 bits per heavy atom. The van der Waals surface area contributed by atoms with E-state index >= 15 is 0 Å². The predicted octanol–water partition coefficient (Wildman–Crippen LogP) is 5.42. The number of fused-ring (bicyclic) bond motifs is 1. The van der Waals surface area contributed by atoms with Crippen molar-refractivity contribution in [2.24, 2.45) is 0 Å². The molecule has 0 aliphatic heterocycles. The Hall–Kier alpha value is -3.47. The van der Waals surface area contributed by atoms with Crippen molar-refractivity contribution in [3.8, 4) is 17.2 Å². The summed E-state index contributed by atoms with van der Waals surface area (Å²) in [5.41, 5.74) is 4.49. The van der Waals surface area contributed by atoms with Gasteiger partial charge in [-0.2, -0.15) is 0 Å². The number of hydrogen-bond acceptors (Lipinski definition) is 4. The zero-order valence-corrected chi connectivity index (χ0v) is 18.3. The molecule has 1 heterocycles. The largest absolute Gasteiger partial charge is 0.494 e. The van der Waals surface area contributed by atoms with E-state index in [4.69, 9.17) is 19.2 Å². The summed E-state index contributed by atoms with van der Waals surface area (Å²) in [6, 6.07) is 22.5. The number of aromatic nitrogens is 2. The number of rotatable bonds is 9. The van der Waals surface area contributed by atoms with E-state index in [0.29, 0.717) is 13.0 Å². The fourth-order valence-corrected chi connectivity index (χ4v) is 3.80. The lowest BCUT2D eigenvalue weighted by Crippen LogP contribution is -2.08. The lowest BCUT2D eigenvalue weighted by Gasteiger charge is -2.12. The van der Waals surface area contributed by atoms with Gasteiger partial charge in [0, 0.05) is 13.0 Å². The van der Waals surface area contributed by atoms with Crippen molar-refractivity contribution >= 4 is 11.0 Å². The highest BCUT2D eigenvalue weighted by Gasteiger charge is 2.13. The molecule has 0 spiro atoms. The Bertz CT molecular complexity index is 1170. The van der Waals surface area contributed by atoms with Gasteiger partial charge in [-0.1, -0.05) is 30.3 Å². The summed E-state index contributed by atoms with van der Waals surface area (Å²) in [6.45, 7) is 3.58. The number of nitrogens with zero attached hydrogens (tertiary/aromatic N) is 2. The van der Waals surface area contributed by atoms with Crippen LogP contribution < -0.4 is 14.2 Å². The van der Waals surface area contributed by atoms with Crippen LogP contribution >= 0.6 is 0 Å². The van der Waals surface area contributed by atoms with E-state index < -0.39 is 0 Å². The van der Waals surface area contributed by atoms with Crippen molar-refractivity contribution in [2.45, 2.75) is 26.3 Å². The van der Waals surface area contributed by atoms with Crippen LogP contribution in [0.15, 0.2) is 66.7 Å². The number of aryl methyl sites for hydroxylation is 2. The first-order chi connectivity index (χ1) is 15.2. The van der Waals surface area contributed by atoms with Gasteiger partial charge in [0.1, 0.15) is 11.6 Å². The molecular formula is C26H28N2O3. The van der Waals surface area contributed by atoms with Crippen LogP contribution in [0.2, 0.25) is 0 Å². The van der Waals surface area contributed by atoms with Crippen LogP contribution in [0.25, 0.3) is 11.0 Å². The topological polar surface area (TPSA) is 45.5 Å². The summed E-state index contributed by atoms with van der Waals surface area (Å²) in [7, 11) is 3.31. The van der Waals surface area contributed by atoms with Crippen molar-refractivity contribution < 1.29 is 14.2 Å². The molecule has 0 aliphatic rings. The van der Waals surface area contributed by atoms with Crippen LogP contribution in [0, 0.1) is 6.92 Å². The predicted molar refractivity (Wildman–Crippen MR) is 123 cm³/mol. The van der Waals surface area contributed by atoms with Gasteiger partial charge in [0.15, 0.2) is 11.5 Å². The highest BCUT2D eigenvalue weighted by molar-refractivity contribution is 5.76. The number of para-hydroxylation sites is 2. The fraction of sp³-hybridized carbons (Fsp3) is 0.269. The van der Waals surface area contributed by atoms with E-state index in [9.17, 15) is 0 Å². The van der Waals surface area contributed by atoms with Gasteiger partial charge < -0.3 is 18.8 Å². The number of hydrogen-bond donors (Lipinski definition) is 0. The molecule has 4 aromatic rings. The molecule has 5 nitrogen and oxygen atoms in total. The Labute approximate surface area is 183 Å². The van der Waals surface area contributed by atoms with Crippen LogP contribution in [0.4, 0.5) is 0 Å². The standard InChI is InChI=1S/C26H28N2O3/c1-19-8-6-9-21(16-19)31-15-7-14-28-23-11-5-4-10-22(23)27-26(28)18-20-12-13-24(29-2)25(17-20)30-3/h4-6,8-13,16-17H,7,14-15,18H2,1-3H3. The number of imidazole rings is 1. The average molecular weight is 417 g/mol. The highest BCUT2D eigenvalue weighted by Crippen LogP contribution is 2.29. The zero-order chi connectivity index (χ0) is 21.6. The number of ether oxygens (including phenoxy) is 3. The maximum atomic E-state index is 5.95. The normalized spacial score (nSPS) is 10.9. The highest BCUT2D eigenvalue weighted by atomic mass is 16.5. The first-order valence-corrected chi connectivity index (χ1v) is 10.5. The molecule has 4 rings (SSSR count). The summed E-state index contributed by atoms with van der Waals surface area (Å²) in [5.74, 6) is 3.41. The van der Waals surface area contributed by atoms with Crippen LogP contribution in [0.3, 0.4) is 0 Å². The van der Waals surface area contributed by atoms with Crippen molar-refractivity contribution in [1.82, 2.24) is 9.55 Å². The fourth-order valence-electron chi connectivity index (χ4n) is 3.80. The first kappa shape index (κ1) is 20.8. The van der Waals surface area contributed by atoms with E-state index in [1.54, 1.807) is 14.2 Å². The van der Waals surface area contributed by atoms with Crippen molar-refractivity contribution in [3.05, 3.63) is 83.7 Å². The first-order valence-electron chi connectivity index (χ1n) is 10.5. The quantitative estimate of drug-likeness (QED) is 0.342. The Kier molecular flexibility index (Phi) is 6.41. The average Bonchev–Trinajstić information content (AvgIpc) is 3.13. The molecule has 0 saturated carbocycles. The minimum atomic E-state index is 0.658. The molecule has 0 amide bonds. The van der Waals surface area contributed by atoms with Gasteiger partial charge in [0.25, 0.3) is 0 Å². The van der Waals surface area contributed by atoms with Gasteiger partial charge in [0.2, 0.25) is 0 Å². The third-order valence-corrected chi connectivity index (χ3v) is 5.33. The van der Waals surface area contributed by atoms with Gasteiger partial charge in [0.05, 0.1) is 31.9 Å². The molecule has 160 valence electrons. The maximum Gasteiger partial charge on any atom is 0.161 e. The van der Waals surface area contributed by atoms with Gasteiger partial charge in [-0.15, -0.1) is 0 Å². The van der Waals surface area contributed by atoms with E-state index in [2.05, 4.69) is 47.9 Å². The number of benzene rings is 3.